The zero-order chi connectivity index (χ0) is 19.7. The van der Waals surface area contributed by atoms with E-state index >= 15 is 0 Å². The lowest BCUT2D eigenvalue weighted by molar-refractivity contribution is -0.132. The van der Waals surface area contributed by atoms with E-state index in [0.717, 1.165) is 53.4 Å². The third-order valence-corrected chi connectivity index (χ3v) is 7.51. The van der Waals surface area contributed by atoms with Crippen LogP contribution in [0, 0.1) is 13.8 Å². The average molecular weight is 409 g/mol. The number of thiophene rings is 1. The second kappa shape index (κ2) is 8.32. The van der Waals surface area contributed by atoms with Crippen molar-refractivity contribution < 1.29 is 4.79 Å². The van der Waals surface area contributed by atoms with E-state index in [2.05, 4.69) is 11.8 Å². The van der Waals surface area contributed by atoms with Crippen LogP contribution in [0.5, 0.6) is 0 Å². The summed E-state index contributed by atoms with van der Waals surface area (Å²) in [5.74, 6) is 0.131. The van der Waals surface area contributed by atoms with Crippen molar-refractivity contribution in [1.29, 1.82) is 0 Å². The number of rotatable bonds is 5. The molecular formula is C19H28N4O2S2. The Labute approximate surface area is 168 Å². The van der Waals surface area contributed by atoms with Gasteiger partial charge >= 0.3 is 0 Å². The normalized spacial score (nSPS) is 16.9. The molecule has 2 aromatic heterocycles. The van der Waals surface area contributed by atoms with Crippen molar-refractivity contribution in [1.82, 2.24) is 19.4 Å². The van der Waals surface area contributed by atoms with Crippen LogP contribution in [0.1, 0.15) is 31.2 Å². The van der Waals surface area contributed by atoms with Gasteiger partial charge in [0, 0.05) is 37.6 Å². The molecule has 27 heavy (non-hydrogen) atoms. The van der Waals surface area contributed by atoms with E-state index in [9.17, 15) is 9.59 Å². The number of likely N-dealkylation sites (N-methyl/N-ethyl adjacent to an activating group) is 1. The van der Waals surface area contributed by atoms with Crippen LogP contribution in [0.15, 0.2) is 9.95 Å². The van der Waals surface area contributed by atoms with Crippen molar-refractivity contribution in [2.75, 3.05) is 32.7 Å². The quantitative estimate of drug-likeness (QED) is 0.562. The van der Waals surface area contributed by atoms with E-state index in [1.54, 1.807) is 15.9 Å². The monoisotopic (exact) mass is 408 g/mol. The lowest BCUT2D eigenvalue weighted by Gasteiger charge is -2.35. The van der Waals surface area contributed by atoms with Gasteiger partial charge in [-0.1, -0.05) is 18.7 Å². The summed E-state index contributed by atoms with van der Waals surface area (Å²) in [7, 11) is 0. The highest BCUT2D eigenvalue weighted by Crippen LogP contribution is 2.30. The number of carbonyl (C=O) groups excluding carboxylic acids is 1. The molecule has 0 N–H and O–H groups in total. The summed E-state index contributed by atoms with van der Waals surface area (Å²) in [5, 5.41) is 1.10. The number of amides is 1. The van der Waals surface area contributed by atoms with Crippen molar-refractivity contribution >= 4 is 39.2 Å². The minimum absolute atomic E-state index is 0.00283. The molecule has 1 aliphatic rings. The fourth-order valence-electron chi connectivity index (χ4n) is 3.43. The van der Waals surface area contributed by atoms with Gasteiger partial charge in [-0.05, 0) is 39.8 Å². The topological polar surface area (TPSA) is 58.4 Å². The van der Waals surface area contributed by atoms with E-state index in [4.69, 9.17) is 4.98 Å². The molecule has 8 heteroatoms. The van der Waals surface area contributed by atoms with Crippen LogP contribution >= 0.6 is 23.1 Å². The van der Waals surface area contributed by atoms with Crippen LogP contribution in [0.4, 0.5) is 0 Å². The molecule has 1 atom stereocenters. The number of nitrogens with zero attached hydrogens (tertiary/aromatic N) is 4. The summed E-state index contributed by atoms with van der Waals surface area (Å²) in [5.41, 5.74) is 1.02. The highest BCUT2D eigenvalue weighted by atomic mass is 32.2. The Morgan fingerprint density at radius 3 is 2.44 bits per heavy atom. The number of hydrogen-bond donors (Lipinski definition) is 0. The van der Waals surface area contributed by atoms with Crippen LogP contribution in [0.3, 0.4) is 0 Å². The van der Waals surface area contributed by atoms with Crippen LogP contribution in [-0.4, -0.2) is 63.2 Å². The lowest BCUT2D eigenvalue weighted by Crippen LogP contribution is -2.50. The largest absolute Gasteiger partial charge is 0.339 e. The Bertz CT molecular complexity index is 897. The maximum absolute atomic E-state index is 13.0. The summed E-state index contributed by atoms with van der Waals surface area (Å²) in [6.45, 7) is 15.0. The molecule has 148 valence electrons. The maximum atomic E-state index is 13.0. The minimum atomic E-state index is -0.262. The molecule has 6 nitrogen and oxygen atoms in total. The van der Waals surface area contributed by atoms with Crippen molar-refractivity contribution in [3.05, 3.63) is 20.8 Å². The molecule has 0 saturated carbocycles. The first-order valence-electron chi connectivity index (χ1n) is 9.55. The van der Waals surface area contributed by atoms with Crippen LogP contribution in [0.2, 0.25) is 0 Å². The molecule has 0 bridgehead atoms. The van der Waals surface area contributed by atoms with Crippen LogP contribution in [0.25, 0.3) is 10.2 Å². The molecule has 1 fully saturated rings. The van der Waals surface area contributed by atoms with Gasteiger partial charge in [-0.2, -0.15) is 0 Å². The second-order valence-electron chi connectivity index (χ2n) is 6.93. The van der Waals surface area contributed by atoms with Crippen LogP contribution in [-0.2, 0) is 11.3 Å². The summed E-state index contributed by atoms with van der Waals surface area (Å²) < 4.78 is 1.70. The van der Waals surface area contributed by atoms with Gasteiger partial charge in [-0.3, -0.25) is 14.2 Å². The van der Waals surface area contributed by atoms with Gasteiger partial charge in [0.2, 0.25) is 5.91 Å². The van der Waals surface area contributed by atoms with Crippen LogP contribution < -0.4 is 5.56 Å². The molecule has 3 heterocycles. The smallest absolute Gasteiger partial charge is 0.263 e. The summed E-state index contributed by atoms with van der Waals surface area (Å²) in [4.78, 5) is 36.8. The van der Waals surface area contributed by atoms with E-state index in [0.29, 0.717) is 11.7 Å². The Morgan fingerprint density at radius 2 is 1.85 bits per heavy atom. The molecule has 0 aromatic carbocycles. The first-order valence-corrected chi connectivity index (χ1v) is 11.2. The third-order valence-electron chi connectivity index (χ3n) is 5.33. The van der Waals surface area contributed by atoms with Crippen molar-refractivity contribution in [3.63, 3.8) is 0 Å². The fourth-order valence-corrected chi connectivity index (χ4v) is 5.55. The van der Waals surface area contributed by atoms with E-state index < -0.39 is 0 Å². The Balaban J connectivity index is 1.83. The van der Waals surface area contributed by atoms with Crippen molar-refractivity contribution in [3.8, 4) is 0 Å². The average Bonchev–Trinajstić information content (AvgIpc) is 2.95. The number of hydrogen-bond acceptors (Lipinski definition) is 6. The van der Waals surface area contributed by atoms with Gasteiger partial charge in [0.1, 0.15) is 4.83 Å². The van der Waals surface area contributed by atoms with Gasteiger partial charge < -0.3 is 9.80 Å². The highest BCUT2D eigenvalue weighted by Gasteiger charge is 2.27. The van der Waals surface area contributed by atoms with E-state index in [-0.39, 0.29) is 16.7 Å². The minimum Gasteiger partial charge on any atom is -0.339 e. The third kappa shape index (κ3) is 3.93. The highest BCUT2D eigenvalue weighted by molar-refractivity contribution is 8.00. The summed E-state index contributed by atoms with van der Waals surface area (Å²) in [6.07, 6.45) is 0. The molecule has 2 aromatic rings. The Hall–Kier alpha value is -1.38. The van der Waals surface area contributed by atoms with Gasteiger partial charge in [0.25, 0.3) is 5.56 Å². The van der Waals surface area contributed by atoms with Gasteiger partial charge in [-0.15, -0.1) is 11.3 Å². The molecule has 1 saturated heterocycles. The molecule has 1 amide bonds. The van der Waals surface area contributed by atoms with E-state index in [1.165, 1.54) is 11.8 Å². The zero-order valence-corrected chi connectivity index (χ0v) is 18.4. The maximum Gasteiger partial charge on any atom is 0.263 e. The number of aromatic nitrogens is 2. The standard InChI is InChI=1S/C19H28N4O2S2/c1-6-21-8-10-22(11-9-21)17(24)14(5)27-19-20-16-15(12(3)13(4)26-16)18(25)23(19)7-2/h14H,6-11H2,1-5H3/t14-/m1/s1. The van der Waals surface area contributed by atoms with Gasteiger partial charge in [0.15, 0.2) is 5.16 Å². The zero-order valence-electron chi connectivity index (χ0n) is 16.7. The number of fused-ring (bicyclic) bond motifs is 1. The fraction of sp³-hybridized carbons (Fsp3) is 0.632. The molecule has 0 radical (unpaired) electrons. The predicted octanol–water partition coefficient (Wildman–Crippen LogP) is 2.74. The first kappa shape index (κ1) is 20.4. The molecule has 3 rings (SSSR count). The Morgan fingerprint density at radius 1 is 1.19 bits per heavy atom. The Kier molecular flexibility index (Phi) is 6.28. The van der Waals surface area contributed by atoms with Gasteiger partial charge in [0.05, 0.1) is 10.6 Å². The molecule has 1 aliphatic heterocycles. The molecule has 0 aliphatic carbocycles. The summed E-state index contributed by atoms with van der Waals surface area (Å²) >= 11 is 2.95. The van der Waals surface area contributed by atoms with E-state index in [1.807, 2.05) is 32.6 Å². The van der Waals surface area contributed by atoms with Crippen molar-refractivity contribution in [2.45, 2.75) is 51.6 Å². The number of thioether (sulfide) groups is 1. The number of piperazine rings is 1. The first-order chi connectivity index (χ1) is 12.9. The SMILES string of the molecule is CCN1CCN(C(=O)[C@@H](C)Sc2nc3sc(C)c(C)c3c(=O)n2CC)CC1. The number of carbonyl (C=O) groups is 1. The lowest BCUT2D eigenvalue weighted by atomic mass is 10.2. The molecule has 0 spiro atoms. The molecular weight excluding hydrogens is 380 g/mol. The second-order valence-corrected chi connectivity index (χ2v) is 9.44. The van der Waals surface area contributed by atoms with Crippen molar-refractivity contribution in [2.24, 2.45) is 0 Å². The van der Waals surface area contributed by atoms with Gasteiger partial charge in [-0.25, -0.2) is 4.98 Å². The molecule has 0 unspecified atom stereocenters. The predicted molar refractivity (Wildman–Crippen MR) is 113 cm³/mol. The summed E-state index contributed by atoms with van der Waals surface area (Å²) in [6, 6.07) is 0. The number of aryl methyl sites for hydroxylation is 2.